The second kappa shape index (κ2) is 3.94. The molecule has 0 aliphatic rings. The highest BCUT2D eigenvalue weighted by Gasteiger charge is 2.14. The predicted molar refractivity (Wildman–Crippen MR) is 50.8 cm³/mol. The van der Waals surface area contributed by atoms with Gasteiger partial charge < -0.3 is 0 Å². The summed E-state index contributed by atoms with van der Waals surface area (Å²) >= 11 is 9.59. The molecule has 0 spiro atoms. The van der Waals surface area contributed by atoms with Crippen LogP contribution in [0.2, 0.25) is 5.02 Å². The van der Waals surface area contributed by atoms with Crippen molar-refractivity contribution in [1.82, 2.24) is 0 Å². The molecule has 0 aromatic heterocycles. The van der Waals surface area contributed by atoms with E-state index in [4.69, 9.17) is 11.6 Å². The fourth-order valence-corrected chi connectivity index (χ4v) is 1.90. The fraction of sp³-hybridized carbons (Fsp3) is 0.143. The van der Waals surface area contributed by atoms with Gasteiger partial charge in [0, 0.05) is 9.37 Å². The summed E-state index contributed by atoms with van der Waals surface area (Å²) in [5.74, 6) is -1.90. The quantitative estimate of drug-likeness (QED) is 0.422. The topological polar surface area (TPSA) is 0 Å². The number of halogens is 4. The highest BCUT2D eigenvalue weighted by molar-refractivity contribution is 9.10. The van der Waals surface area contributed by atoms with Crippen molar-refractivity contribution in [2.45, 2.75) is 4.90 Å². The van der Waals surface area contributed by atoms with E-state index in [9.17, 15) is 8.78 Å². The number of benzene rings is 1. The molecule has 0 aliphatic carbocycles. The molecule has 0 bridgehead atoms. The zero-order valence-electron chi connectivity index (χ0n) is 6.00. The lowest BCUT2D eigenvalue weighted by molar-refractivity contribution is 0.491. The van der Waals surface area contributed by atoms with E-state index in [1.165, 1.54) is 6.07 Å². The molecule has 0 saturated heterocycles. The summed E-state index contributed by atoms with van der Waals surface area (Å²) < 4.78 is 26.2. The third-order valence-electron chi connectivity index (χ3n) is 1.29. The van der Waals surface area contributed by atoms with E-state index in [-0.39, 0.29) is 9.92 Å². The van der Waals surface area contributed by atoms with Crippen LogP contribution < -0.4 is 0 Å². The second-order valence-electron chi connectivity index (χ2n) is 2.00. The van der Waals surface area contributed by atoms with E-state index < -0.39 is 11.6 Å². The van der Waals surface area contributed by atoms with Crippen molar-refractivity contribution in [3.05, 3.63) is 27.2 Å². The Morgan fingerprint density at radius 3 is 2.50 bits per heavy atom. The molecular formula is C7H4BrClF2S. The van der Waals surface area contributed by atoms with Gasteiger partial charge in [-0.3, -0.25) is 0 Å². The van der Waals surface area contributed by atoms with Crippen LogP contribution in [0, 0.1) is 11.6 Å². The highest BCUT2D eigenvalue weighted by Crippen LogP contribution is 2.33. The summed E-state index contributed by atoms with van der Waals surface area (Å²) in [6, 6.07) is 1.45. The molecule has 0 atom stereocenters. The van der Waals surface area contributed by atoms with Crippen molar-refractivity contribution in [3.8, 4) is 0 Å². The van der Waals surface area contributed by atoms with Crippen molar-refractivity contribution < 1.29 is 8.78 Å². The Morgan fingerprint density at radius 2 is 2.00 bits per heavy atom. The first-order chi connectivity index (χ1) is 5.57. The molecule has 1 aromatic rings. The highest BCUT2D eigenvalue weighted by atomic mass is 79.9. The van der Waals surface area contributed by atoms with Gasteiger partial charge >= 0.3 is 0 Å². The summed E-state index contributed by atoms with van der Waals surface area (Å²) in [5.41, 5.74) is 0. The Labute approximate surface area is 86.4 Å². The summed E-state index contributed by atoms with van der Waals surface area (Å²) in [5, 5.41) is -0.217. The maximum atomic E-state index is 12.9. The summed E-state index contributed by atoms with van der Waals surface area (Å²) in [6.07, 6.45) is 1.66. The van der Waals surface area contributed by atoms with Crippen molar-refractivity contribution in [3.63, 3.8) is 0 Å². The van der Waals surface area contributed by atoms with Gasteiger partial charge in [0.2, 0.25) is 0 Å². The standard InChI is InChI=1S/C7H4BrClF2S/c1-12-4-2-3(8)5(9)7(11)6(4)10/h2H,1H3. The van der Waals surface area contributed by atoms with Gasteiger partial charge in [-0.05, 0) is 28.3 Å². The molecule has 1 rings (SSSR count). The molecule has 66 valence electrons. The van der Waals surface area contributed by atoms with Gasteiger partial charge in [0.1, 0.15) is 0 Å². The lowest BCUT2D eigenvalue weighted by Gasteiger charge is -2.03. The first-order valence-corrected chi connectivity index (χ1v) is 5.34. The Kier molecular flexibility index (Phi) is 3.37. The molecule has 0 amide bonds. The molecule has 5 heteroatoms. The molecule has 0 radical (unpaired) electrons. The van der Waals surface area contributed by atoms with E-state index >= 15 is 0 Å². The van der Waals surface area contributed by atoms with Crippen LogP contribution in [0.15, 0.2) is 15.4 Å². The van der Waals surface area contributed by atoms with Crippen LogP contribution >= 0.6 is 39.3 Å². The van der Waals surface area contributed by atoms with E-state index in [0.29, 0.717) is 4.47 Å². The minimum atomic E-state index is -1.00. The molecular weight excluding hydrogens is 269 g/mol. The third-order valence-corrected chi connectivity index (χ3v) is 3.25. The number of hydrogen-bond acceptors (Lipinski definition) is 1. The van der Waals surface area contributed by atoms with Gasteiger partial charge in [0.25, 0.3) is 0 Å². The van der Waals surface area contributed by atoms with Crippen molar-refractivity contribution in [1.29, 1.82) is 0 Å². The van der Waals surface area contributed by atoms with Gasteiger partial charge in [0.15, 0.2) is 11.6 Å². The maximum Gasteiger partial charge on any atom is 0.179 e. The van der Waals surface area contributed by atoms with E-state index in [2.05, 4.69) is 15.9 Å². The first-order valence-electron chi connectivity index (χ1n) is 2.95. The summed E-state index contributed by atoms with van der Waals surface area (Å²) in [4.78, 5) is 0.240. The van der Waals surface area contributed by atoms with Gasteiger partial charge in [-0.2, -0.15) is 0 Å². The molecule has 0 fully saturated rings. The van der Waals surface area contributed by atoms with Crippen molar-refractivity contribution in [2.24, 2.45) is 0 Å². The Bertz CT molecular complexity index is 317. The molecule has 0 unspecified atom stereocenters. The summed E-state index contributed by atoms with van der Waals surface area (Å²) in [6.45, 7) is 0. The van der Waals surface area contributed by atoms with E-state index in [1.807, 2.05) is 0 Å². The zero-order chi connectivity index (χ0) is 9.30. The van der Waals surface area contributed by atoms with Crippen LogP contribution in [0.25, 0.3) is 0 Å². The van der Waals surface area contributed by atoms with E-state index in [0.717, 1.165) is 11.8 Å². The molecule has 0 heterocycles. The van der Waals surface area contributed by atoms with Gasteiger partial charge in [-0.25, -0.2) is 8.78 Å². The summed E-state index contributed by atoms with van der Waals surface area (Å²) in [7, 11) is 0. The molecule has 0 aliphatic heterocycles. The zero-order valence-corrected chi connectivity index (χ0v) is 9.16. The van der Waals surface area contributed by atoms with Crippen molar-refractivity contribution in [2.75, 3.05) is 6.26 Å². The van der Waals surface area contributed by atoms with Crippen LogP contribution in [-0.4, -0.2) is 6.26 Å². The molecule has 1 aromatic carbocycles. The van der Waals surface area contributed by atoms with Crippen molar-refractivity contribution >= 4 is 39.3 Å². The number of hydrogen-bond donors (Lipinski definition) is 0. The normalized spacial score (nSPS) is 10.4. The number of rotatable bonds is 1. The minimum Gasteiger partial charge on any atom is -0.202 e. The van der Waals surface area contributed by atoms with E-state index in [1.54, 1.807) is 6.26 Å². The van der Waals surface area contributed by atoms with Crippen LogP contribution in [-0.2, 0) is 0 Å². The monoisotopic (exact) mass is 272 g/mol. The third kappa shape index (κ3) is 1.75. The van der Waals surface area contributed by atoms with Crippen LogP contribution in [0.5, 0.6) is 0 Å². The lowest BCUT2D eigenvalue weighted by atomic mass is 10.3. The average molecular weight is 274 g/mol. The minimum absolute atomic E-state index is 0.217. The smallest absolute Gasteiger partial charge is 0.179 e. The van der Waals surface area contributed by atoms with Gasteiger partial charge in [-0.1, -0.05) is 11.6 Å². The van der Waals surface area contributed by atoms with Crippen LogP contribution in [0.4, 0.5) is 8.78 Å². The molecule has 0 saturated carbocycles. The Balaban J connectivity index is 3.39. The van der Waals surface area contributed by atoms with Gasteiger partial charge in [-0.15, -0.1) is 11.8 Å². The Hall–Kier alpha value is 0.200. The lowest BCUT2D eigenvalue weighted by Crippen LogP contribution is -1.89. The largest absolute Gasteiger partial charge is 0.202 e. The molecule has 12 heavy (non-hydrogen) atoms. The predicted octanol–water partition coefficient (Wildman–Crippen LogP) is 4.10. The number of thioether (sulfide) groups is 1. The second-order valence-corrected chi connectivity index (χ2v) is 4.08. The molecule has 0 N–H and O–H groups in total. The molecule has 0 nitrogen and oxygen atoms in total. The SMILES string of the molecule is CSc1cc(Br)c(Cl)c(F)c1F. The first kappa shape index (κ1) is 10.3. The van der Waals surface area contributed by atoms with Crippen LogP contribution in [0.3, 0.4) is 0 Å². The Morgan fingerprint density at radius 1 is 1.42 bits per heavy atom. The maximum absolute atomic E-state index is 12.9. The van der Waals surface area contributed by atoms with Gasteiger partial charge in [0.05, 0.1) is 5.02 Å². The average Bonchev–Trinajstić information content (AvgIpc) is 2.08. The fourth-order valence-electron chi connectivity index (χ4n) is 0.700. The van der Waals surface area contributed by atoms with Crippen LogP contribution in [0.1, 0.15) is 0 Å².